The van der Waals surface area contributed by atoms with Crippen LogP contribution in [0.15, 0.2) is 0 Å². The van der Waals surface area contributed by atoms with E-state index in [-0.39, 0.29) is 0 Å². The van der Waals surface area contributed by atoms with E-state index in [0.29, 0.717) is 6.04 Å². The van der Waals surface area contributed by atoms with Gasteiger partial charge in [0.05, 0.1) is 11.7 Å². The molecule has 2 heterocycles. The Kier molecular flexibility index (Phi) is 5.39. The first-order valence-corrected chi connectivity index (χ1v) is 9.24. The second-order valence-electron chi connectivity index (χ2n) is 7.27. The van der Waals surface area contributed by atoms with Crippen LogP contribution in [0.1, 0.15) is 48.9 Å². The van der Waals surface area contributed by atoms with Crippen LogP contribution >= 0.6 is 0 Å². The predicted octanol–water partition coefficient (Wildman–Crippen LogP) is 1.86. The summed E-state index contributed by atoms with van der Waals surface area (Å²) in [5.74, 6) is 1.11. The number of aryl methyl sites for hydroxylation is 1. The summed E-state index contributed by atoms with van der Waals surface area (Å²) in [6.07, 6.45) is 5.69. The lowest BCUT2D eigenvalue weighted by atomic mass is 10.1. The lowest BCUT2D eigenvalue weighted by molar-refractivity contribution is 0.0688. The van der Waals surface area contributed by atoms with E-state index in [9.17, 15) is 0 Å². The Balaban J connectivity index is 1.68. The molecule has 0 aromatic carbocycles. The van der Waals surface area contributed by atoms with Crippen molar-refractivity contribution in [3.63, 3.8) is 0 Å². The van der Waals surface area contributed by atoms with E-state index in [4.69, 9.17) is 4.98 Å². The summed E-state index contributed by atoms with van der Waals surface area (Å²) < 4.78 is 2.22. The van der Waals surface area contributed by atoms with E-state index in [0.717, 1.165) is 31.5 Å². The van der Waals surface area contributed by atoms with Gasteiger partial charge in [-0.3, -0.25) is 9.80 Å². The molecule has 130 valence electrons. The Morgan fingerprint density at radius 1 is 1.13 bits per heavy atom. The SMILES string of the molecule is CNCC(c1nc(C)n(C)c1C)N1CCN(C2CCCC2)CC1. The fourth-order valence-electron chi connectivity index (χ4n) is 4.34. The van der Waals surface area contributed by atoms with Crippen LogP contribution < -0.4 is 5.32 Å². The van der Waals surface area contributed by atoms with Gasteiger partial charge >= 0.3 is 0 Å². The van der Waals surface area contributed by atoms with Gasteiger partial charge in [0.25, 0.3) is 0 Å². The average molecular weight is 319 g/mol. The van der Waals surface area contributed by atoms with Crippen LogP contribution in [-0.2, 0) is 7.05 Å². The number of imidazole rings is 1. The minimum atomic E-state index is 0.394. The fraction of sp³-hybridized carbons (Fsp3) is 0.833. The summed E-state index contributed by atoms with van der Waals surface area (Å²) in [6, 6.07) is 1.25. The highest BCUT2D eigenvalue weighted by Crippen LogP contribution is 2.28. The molecule has 2 fully saturated rings. The second-order valence-corrected chi connectivity index (χ2v) is 7.27. The zero-order valence-corrected chi connectivity index (χ0v) is 15.3. The number of aromatic nitrogens is 2. The standard InChI is InChI=1S/C18H33N5/c1-14-18(20-15(2)21(14)4)17(13-19-3)23-11-9-22(10-12-23)16-7-5-6-8-16/h16-17,19H,5-13H2,1-4H3. The molecular weight excluding hydrogens is 286 g/mol. The fourth-order valence-corrected chi connectivity index (χ4v) is 4.34. The summed E-state index contributed by atoms with van der Waals surface area (Å²) in [5.41, 5.74) is 2.56. The molecule has 3 rings (SSSR count). The molecule has 5 heteroatoms. The lowest BCUT2D eigenvalue weighted by Crippen LogP contribution is -2.51. The van der Waals surface area contributed by atoms with Crippen molar-refractivity contribution in [2.45, 2.75) is 51.6 Å². The van der Waals surface area contributed by atoms with Gasteiger partial charge in [-0.05, 0) is 33.7 Å². The molecule has 1 aliphatic heterocycles. The van der Waals surface area contributed by atoms with Crippen LogP contribution in [0, 0.1) is 13.8 Å². The zero-order valence-electron chi connectivity index (χ0n) is 15.3. The molecule has 1 N–H and O–H groups in total. The highest BCUT2D eigenvalue weighted by molar-refractivity contribution is 5.20. The van der Waals surface area contributed by atoms with Crippen molar-refractivity contribution in [2.24, 2.45) is 7.05 Å². The third-order valence-corrected chi connectivity index (χ3v) is 5.99. The highest BCUT2D eigenvalue weighted by Gasteiger charge is 2.31. The van der Waals surface area contributed by atoms with Crippen molar-refractivity contribution in [1.82, 2.24) is 24.7 Å². The van der Waals surface area contributed by atoms with Gasteiger partial charge in [-0.25, -0.2) is 4.98 Å². The van der Waals surface area contributed by atoms with Crippen molar-refractivity contribution in [3.05, 3.63) is 17.2 Å². The molecule has 1 aliphatic carbocycles. The molecule has 2 aliphatic rings. The largest absolute Gasteiger partial charge is 0.335 e. The van der Waals surface area contributed by atoms with Crippen molar-refractivity contribution in [1.29, 1.82) is 0 Å². The summed E-state index contributed by atoms with van der Waals surface area (Å²) in [7, 11) is 4.17. The van der Waals surface area contributed by atoms with Gasteiger partial charge in [0.15, 0.2) is 0 Å². The third-order valence-electron chi connectivity index (χ3n) is 5.99. The molecular formula is C18H33N5. The molecule has 1 aromatic rings. The van der Waals surface area contributed by atoms with Crippen molar-refractivity contribution in [3.8, 4) is 0 Å². The van der Waals surface area contributed by atoms with E-state index >= 15 is 0 Å². The maximum atomic E-state index is 4.87. The molecule has 0 radical (unpaired) electrons. The molecule has 5 nitrogen and oxygen atoms in total. The first-order valence-electron chi connectivity index (χ1n) is 9.24. The number of hydrogen-bond acceptors (Lipinski definition) is 4. The maximum Gasteiger partial charge on any atom is 0.105 e. The number of nitrogens with zero attached hydrogens (tertiary/aromatic N) is 4. The van der Waals surface area contributed by atoms with Gasteiger partial charge < -0.3 is 9.88 Å². The molecule has 1 unspecified atom stereocenters. The van der Waals surface area contributed by atoms with E-state index < -0.39 is 0 Å². The number of rotatable bonds is 5. The van der Waals surface area contributed by atoms with E-state index in [1.807, 2.05) is 7.05 Å². The molecule has 1 atom stereocenters. The van der Waals surface area contributed by atoms with Crippen molar-refractivity contribution >= 4 is 0 Å². The number of hydrogen-bond donors (Lipinski definition) is 1. The molecule has 1 aromatic heterocycles. The monoisotopic (exact) mass is 319 g/mol. The van der Waals surface area contributed by atoms with Gasteiger partial charge in [0, 0.05) is 51.5 Å². The van der Waals surface area contributed by atoms with Crippen molar-refractivity contribution in [2.75, 3.05) is 39.8 Å². The van der Waals surface area contributed by atoms with E-state index in [1.165, 1.54) is 50.2 Å². The van der Waals surface area contributed by atoms with Crippen LogP contribution in [0.5, 0.6) is 0 Å². The topological polar surface area (TPSA) is 36.3 Å². The van der Waals surface area contributed by atoms with Gasteiger partial charge in [0.1, 0.15) is 5.82 Å². The smallest absolute Gasteiger partial charge is 0.105 e. The first-order chi connectivity index (χ1) is 11.1. The normalized spacial score (nSPS) is 22.8. The van der Waals surface area contributed by atoms with Gasteiger partial charge in [-0.15, -0.1) is 0 Å². The molecule has 0 bridgehead atoms. The summed E-state index contributed by atoms with van der Waals surface area (Å²) in [4.78, 5) is 10.2. The number of likely N-dealkylation sites (N-methyl/N-ethyl adjacent to an activating group) is 1. The van der Waals surface area contributed by atoms with Crippen molar-refractivity contribution < 1.29 is 0 Å². The summed E-state index contributed by atoms with van der Waals surface area (Å²) >= 11 is 0. The lowest BCUT2D eigenvalue weighted by Gasteiger charge is -2.41. The molecule has 23 heavy (non-hydrogen) atoms. The highest BCUT2D eigenvalue weighted by atomic mass is 15.3. The van der Waals surface area contributed by atoms with Crippen LogP contribution in [0.4, 0.5) is 0 Å². The zero-order chi connectivity index (χ0) is 16.4. The summed E-state index contributed by atoms with van der Waals surface area (Å²) in [5, 5.41) is 3.38. The Morgan fingerprint density at radius 2 is 1.78 bits per heavy atom. The Bertz CT molecular complexity index is 510. The minimum absolute atomic E-state index is 0.394. The van der Waals surface area contributed by atoms with Crippen LogP contribution in [0.2, 0.25) is 0 Å². The molecule has 1 saturated heterocycles. The average Bonchev–Trinajstić information content (AvgIpc) is 3.18. The summed E-state index contributed by atoms with van der Waals surface area (Å²) in [6.45, 7) is 10.0. The van der Waals surface area contributed by atoms with Crippen LogP contribution in [0.3, 0.4) is 0 Å². The van der Waals surface area contributed by atoms with Gasteiger partial charge in [-0.1, -0.05) is 12.8 Å². The molecule has 0 spiro atoms. The minimum Gasteiger partial charge on any atom is -0.335 e. The Labute approximate surface area is 141 Å². The quantitative estimate of drug-likeness (QED) is 0.899. The number of nitrogens with one attached hydrogen (secondary N) is 1. The second kappa shape index (κ2) is 7.32. The maximum absolute atomic E-state index is 4.87. The first kappa shape index (κ1) is 16.9. The molecule has 0 amide bonds. The van der Waals surface area contributed by atoms with Gasteiger partial charge in [-0.2, -0.15) is 0 Å². The Morgan fingerprint density at radius 3 is 2.30 bits per heavy atom. The van der Waals surface area contributed by atoms with Crippen LogP contribution in [-0.4, -0.2) is 65.2 Å². The molecule has 1 saturated carbocycles. The van der Waals surface area contributed by atoms with Gasteiger partial charge in [0.2, 0.25) is 0 Å². The predicted molar refractivity (Wildman–Crippen MR) is 94.8 cm³/mol. The number of piperazine rings is 1. The van der Waals surface area contributed by atoms with Crippen LogP contribution in [0.25, 0.3) is 0 Å². The third kappa shape index (κ3) is 3.47. The van der Waals surface area contributed by atoms with E-state index in [1.54, 1.807) is 0 Å². The Hall–Kier alpha value is -0.910. The van der Waals surface area contributed by atoms with E-state index in [2.05, 4.69) is 40.6 Å².